The second-order valence-corrected chi connectivity index (χ2v) is 9.88. The van der Waals surface area contributed by atoms with Gasteiger partial charge < -0.3 is 20.9 Å². The van der Waals surface area contributed by atoms with Crippen LogP contribution >= 0.6 is 0 Å². The van der Waals surface area contributed by atoms with Crippen LogP contribution in [0.15, 0.2) is 35.1 Å². The fourth-order valence-corrected chi connectivity index (χ4v) is 4.12. The number of anilines is 1. The van der Waals surface area contributed by atoms with Gasteiger partial charge in [0.1, 0.15) is 17.7 Å². The maximum Gasteiger partial charge on any atom is 0.411 e. The van der Waals surface area contributed by atoms with Crippen LogP contribution in [0.3, 0.4) is 0 Å². The van der Waals surface area contributed by atoms with E-state index in [0.29, 0.717) is 5.69 Å². The quantitative estimate of drug-likeness (QED) is 0.521. The molecule has 1 aromatic carbocycles. The lowest BCUT2D eigenvalue weighted by Gasteiger charge is -2.37. The second-order valence-electron chi connectivity index (χ2n) is 9.88. The Balaban J connectivity index is 1.73. The molecule has 0 spiro atoms. The number of nitrogens with zero attached hydrogens (tertiary/aromatic N) is 3. The molecule has 0 unspecified atom stereocenters. The van der Waals surface area contributed by atoms with Crippen LogP contribution in [0.2, 0.25) is 0 Å². The van der Waals surface area contributed by atoms with Crippen molar-refractivity contribution in [2.24, 2.45) is 0 Å². The van der Waals surface area contributed by atoms with Gasteiger partial charge in [-0.05, 0) is 51.7 Å². The van der Waals surface area contributed by atoms with Gasteiger partial charge in [-0.15, -0.1) is 0 Å². The fourth-order valence-electron chi connectivity index (χ4n) is 4.12. The van der Waals surface area contributed by atoms with Crippen molar-refractivity contribution in [2.45, 2.75) is 77.7 Å². The number of amides is 2. The minimum Gasteiger partial charge on any atom is -0.480 e. The Labute approximate surface area is 209 Å². The Hall–Kier alpha value is -3.89. The maximum absolute atomic E-state index is 13.3. The number of aryl methyl sites for hydroxylation is 1. The van der Waals surface area contributed by atoms with Gasteiger partial charge in [-0.1, -0.05) is 24.3 Å². The molecule has 0 saturated carbocycles. The summed E-state index contributed by atoms with van der Waals surface area (Å²) >= 11 is 0. The highest BCUT2D eigenvalue weighted by atomic mass is 16.6. The molecular weight excluding hydrogens is 466 g/mol. The van der Waals surface area contributed by atoms with E-state index < -0.39 is 35.7 Å². The van der Waals surface area contributed by atoms with E-state index >= 15 is 0 Å². The molecule has 2 amide bonds. The van der Waals surface area contributed by atoms with Gasteiger partial charge in [0.05, 0.1) is 6.54 Å². The molecule has 2 atom stereocenters. The van der Waals surface area contributed by atoms with E-state index in [0.717, 1.165) is 11.1 Å². The number of nitrogens with one attached hydrogen (secondary N) is 1. The number of aromatic nitrogens is 2. The van der Waals surface area contributed by atoms with Crippen molar-refractivity contribution in [3.8, 4) is 0 Å². The molecule has 0 aliphatic carbocycles. The molecule has 0 bridgehead atoms. The van der Waals surface area contributed by atoms with Crippen LogP contribution in [-0.4, -0.2) is 55.2 Å². The molecule has 11 heteroatoms. The van der Waals surface area contributed by atoms with Crippen molar-refractivity contribution in [2.75, 3.05) is 5.73 Å². The van der Waals surface area contributed by atoms with Crippen LogP contribution in [0.1, 0.15) is 50.4 Å². The summed E-state index contributed by atoms with van der Waals surface area (Å²) in [5, 5.41) is 12.3. The lowest BCUT2D eigenvalue weighted by atomic mass is 9.93. The highest BCUT2D eigenvalue weighted by Crippen LogP contribution is 2.25. The number of nitrogen functional groups attached to an aromatic ring is 1. The van der Waals surface area contributed by atoms with Gasteiger partial charge in [-0.3, -0.25) is 19.1 Å². The van der Waals surface area contributed by atoms with E-state index in [1.807, 2.05) is 24.3 Å². The van der Waals surface area contributed by atoms with Crippen LogP contribution < -0.4 is 16.6 Å². The SMILES string of the molecule is Cc1cc(=O)n(CCC[C@H](NC(=O)[C@@H]2Cc3ccccc3CN2C(=O)OC(C)(C)C)C(=O)O)c(N)n1. The Morgan fingerprint density at radius 3 is 2.53 bits per heavy atom. The number of carboxylic acids is 1. The monoisotopic (exact) mass is 499 g/mol. The number of hydrogen-bond acceptors (Lipinski definition) is 7. The third kappa shape index (κ3) is 6.61. The summed E-state index contributed by atoms with van der Waals surface area (Å²) in [6.07, 6.45) is -0.105. The molecule has 1 aliphatic rings. The van der Waals surface area contributed by atoms with Gasteiger partial charge in [-0.25, -0.2) is 14.6 Å². The zero-order chi connectivity index (χ0) is 26.6. The predicted octanol–water partition coefficient (Wildman–Crippen LogP) is 1.85. The van der Waals surface area contributed by atoms with Crippen LogP contribution in [0, 0.1) is 6.92 Å². The van der Waals surface area contributed by atoms with Crippen LogP contribution in [-0.2, 0) is 33.8 Å². The van der Waals surface area contributed by atoms with E-state index in [4.69, 9.17) is 10.5 Å². The molecule has 36 heavy (non-hydrogen) atoms. The lowest BCUT2D eigenvalue weighted by molar-refractivity contribution is -0.143. The lowest BCUT2D eigenvalue weighted by Crippen LogP contribution is -2.56. The Kier molecular flexibility index (Phi) is 8.01. The molecule has 2 heterocycles. The van der Waals surface area contributed by atoms with Crippen molar-refractivity contribution >= 4 is 23.9 Å². The highest BCUT2D eigenvalue weighted by molar-refractivity contribution is 5.90. The number of carbonyl (C=O) groups is 3. The number of carboxylic acid groups (broad SMARTS) is 1. The first kappa shape index (κ1) is 26.7. The zero-order valence-electron chi connectivity index (χ0n) is 21.0. The van der Waals surface area contributed by atoms with Crippen molar-refractivity contribution in [1.29, 1.82) is 0 Å². The number of benzene rings is 1. The van der Waals surface area contributed by atoms with Gasteiger partial charge in [0, 0.05) is 24.7 Å². The Morgan fingerprint density at radius 2 is 1.92 bits per heavy atom. The first-order valence-electron chi connectivity index (χ1n) is 11.8. The highest BCUT2D eigenvalue weighted by Gasteiger charge is 2.38. The molecular formula is C25H33N5O6. The topological polar surface area (TPSA) is 157 Å². The van der Waals surface area contributed by atoms with E-state index in [9.17, 15) is 24.3 Å². The van der Waals surface area contributed by atoms with Crippen LogP contribution in [0.25, 0.3) is 0 Å². The van der Waals surface area contributed by atoms with Crippen molar-refractivity contribution < 1.29 is 24.2 Å². The largest absolute Gasteiger partial charge is 0.480 e. The maximum atomic E-state index is 13.3. The van der Waals surface area contributed by atoms with Crippen molar-refractivity contribution in [3.63, 3.8) is 0 Å². The normalized spacial score (nSPS) is 16.1. The first-order chi connectivity index (χ1) is 16.9. The molecule has 194 valence electrons. The molecule has 0 fully saturated rings. The summed E-state index contributed by atoms with van der Waals surface area (Å²) in [5.41, 5.74) is 7.03. The van der Waals surface area contributed by atoms with Gasteiger partial charge in [0.2, 0.25) is 11.9 Å². The number of carbonyl (C=O) groups excluding carboxylic acids is 2. The van der Waals surface area contributed by atoms with Gasteiger partial charge >= 0.3 is 12.1 Å². The second kappa shape index (κ2) is 10.8. The first-order valence-corrected chi connectivity index (χ1v) is 11.8. The fraction of sp³-hybridized carbons (Fsp3) is 0.480. The molecule has 0 radical (unpaired) electrons. The predicted molar refractivity (Wildman–Crippen MR) is 132 cm³/mol. The summed E-state index contributed by atoms with van der Waals surface area (Å²) < 4.78 is 6.77. The van der Waals surface area contributed by atoms with Crippen LogP contribution in [0.5, 0.6) is 0 Å². The number of hydrogen-bond donors (Lipinski definition) is 3. The molecule has 2 aromatic rings. The number of ether oxygens (including phenoxy) is 1. The van der Waals surface area contributed by atoms with Gasteiger partial charge in [0.25, 0.3) is 5.56 Å². The standard InChI is InChI=1S/C25H33N5O6/c1-15-12-20(31)29(23(26)27-15)11-7-10-18(22(33)34)28-21(32)19-13-16-8-5-6-9-17(16)14-30(19)24(35)36-25(2,3)4/h5-6,8-9,12,18-19H,7,10-11,13-14H2,1-4H3,(H2,26,27)(H,28,32)(H,33,34)/t18-,19-/m0/s1. The van der Waals surface area contributed by atoms with Crippen molar-refractivity contribution in [3.05, 3.63) is 57.5 Å². The third-order valence-electron chi connectivity index (χ3n) is 5.83. The number of nitrogens with two attached hydrogens (primary N) is 1. The molecule has 11 nitrogen and oxygen atoms in total. The van der Waals surface area contributed by atoms with Gasteiger partial charge in [0.15, 0.2) is 0 Å². The Morgan fingerprint density at radius 1 is 1.25 bits per heavy atom. The van der Waals surface area contributed by atoms with Crippen molar-refractivity contribution in [1.82, 2.24) is 19.8 Å². The van der Waals surface area contributed by atoms with E-state index in [1.165, 1.54) is 15.5 Å². The minimum absolute atomic E-state index is 0.0461. The number of rotatable bonds is 7. The average molecular weight is 500 g/mol. The average Bonchev–Trinajstić information content (AvgIpc) is 2.77. The zero-order valence-corrected chi connectivity index (χ0v) is 21.0. The minimum atomic E-state index is -1.22. The van der Waals surface area contributed by atoms with E-state index in [-0.39, 0.29) is 43.9 Å². The summed E-state index contributed by atoms with van der Waals surface area (Å²) in [7, 11) is 0. The summed E-state index contributed by atoms with van der Waals surface area (Å²) in [6.45, 7) is 7.18. The summed E-state index contributed by atoms with van der Waals surface area (Å²) in [6, 6.07) is 6.67. The number of aliphatic carboxylic acids is 1. The Bertz CT molecular complexity index is 1200. The summed E-state index contributed by atoms with van der Waals surface area (Å²) in [5.74, 6) is -1.76. The van der Waals surface area contributed by atoms with Gasteiger partial charge in [-0.2, -0.15) is 0 Å². The van der Waals surface area contributed by atoms with E-state index in [1.54, 1.807) is 27.7 Å². The smallest absolute Gasteiger partial charge is 0.411 e. The summed E-state index contributed by atoms with van der Waals surface area (Å²) in [4.78, 5) is 55.7. The molecule has 3 rings (SSSR count). The molecule has 1 aromatic heterocycles. The molecule has 0 saturated heterocycles. The molecule has 1 aliphatic heterocycles. The van der Waals surface area contributed by atoms with Crippen LogP contribution in [0.4, 0.5) is 10.7 Å². The number of fused-ring (bicyclic) bond motifs is 1. The van der Waals surface area contributed by atoms with E-state index in [2.05, 4.69) is 10.3 Å². The molecule has 4 N–H and O–H groups in total. The third-order valence-corrected chi connectivity index (χ3v) is 5.83.